The number of hydrogen-bond acceptors (Lipinski definition) is 5. The molecule has 4 aromatic rings. The lowest BCUT2D eigenvalue weighted by molar-refractivity contribution is 0.415. The highest BCUT2D eigenvalue weighted by Gasteiger charge is 2.26. The summed E-state index contributed by atoms with van der Waals surface area (Å²) < 4.78 is 5.31. The number of aromatic nitrogens is 2. The summed E-state index contributed by atoms with van der Waals surface area (Å²) in [4.78, 5) is 9.61. The number of nitrogens with zero attached hydrogens (tertiary/aromatic N) is 2. The van der Waals surface area contributed by atoms with Gasteiger partial charge in [0, 0.05) is 22.9 Å². The van der Waals surface area contributed by atoms with E-state index in [0.717, 1.165) is 52.0 Å². The van der Waals surface area contributed by atoms with Crippen LogP contribution in [0.4, 0.5) is 11.6 Å². The largest absolute Gasteiger partial charge is 0.497 e. The van der Waals surface area contributed by atoms with Crippen LogP contribution in [-0.4, -0.2) is 29.2 Å². The van der Waals surface area contributed by atoms with E-state index >= 15 is 0 Å². The van der Waals surface area contributed by atoms with Crippen LogP contribution in [0.1, 0.15) is 31.2 Å². The predicted octanol–water partition coefficient (Wildman–Crippen LogP) is 7.24. The molecule has 5 nitrogen and oxygen atoms in total. The Morgan fingerprint density at radius 2 is 1.33 bits per heavy atom. The van der Waals surface area contributed by atoms with Gasteiger partial charge in [0.2, 0.25) is 0 Å². The molecule has 0 bridgehead atoms. The monoisotopic (exact) mass is 480 g/mol. The van der Waals surface area contributed by atoms with Crippen LogP contribution in [-0.2, 0) is 0 Å². The second kappa shape index (κ2) is 9.24. The zero-order valence-corrected chi connectivity index (χ0v) is 20.2. The molecule has 2 N–H and O–H groups in total. The smallest absolute Gasteiger partial charge is 0.128 e. The Kier molecular flexibility index (Phi) is 6.17. The first-order chi connectivity index (χ1) is 16.0. The molecule has 0 spiro atoms. The van der Waals surface area contributed by atoms with E-state index in [0.29, 0.717) is 10.0 Å². The minimum Gasteiger partial charge on any atom is -0.497 e. The fourth-order valence-corrected chi connectivity index (χ4v) is 5.10. The molecule has 1 aliphatic rings. The van der Waals surface area contributed by atoms with Crippen molar-refractivity contribution in [2.45, 2.75) is 44.7 Å². The van der Waals surface area contributed by atoms with Crippen LogP contribution in [0.15, 0.2) is 48.5 Å². The van der Waals surface area contributed by atoms with Gasteiger partial charge in [-0.15, -0.1) is 0 Å². The molecule has 2 atom stereocenters. The number of pyridine rings is 2. The predicted molar refractivity (Wildman–Crippen MR) is 138 cm³/mol. The van der Waals surface area contributed by atoms with Crippen molar-refractivity contribution in [1.82, 2.24) is 9.97 Å². The van der Waals surface area contributed by atoms with E-state index in [4.69, 9.17) is 37.9 Å². The van der Waals surface area contributed by atoms with Crippen molar-refractivity contribution in [1.29, 1.82) is 0 Å². The fraction of sp³-hybridized carbons (Fsp3) is 0.308. The van der Waals surface area contributed by atoms with E-state index in [1.807, 2.05) is 36.4 Å². The third kappa shape index (κ3) is 4.66. The first-order valence-electron chi connectivity index (χ1n) is 11.2. The van der Waals surface area contributed by atoms with Crippen LogP contribution < -0.4 is 15.4 Å². The van der Waals surface area contributed by atoms with Gasteiger partial charge in [-0.05, 0) is 62.2 Å². The van der Waals surface area contributed by atoms with Crippen LogP contribution in [0.25, 0.3) is 21.8 Å². The SMILES string of the molecule is COc1ccc2nc(N[C@@H]3CCCC[C@H]3Nc3cc(Cl)c4cc(C)ccc4n3)cc(Cl)c2c1. The number of hydrogen-bond donors (Lipinski definition) is 2. The van der Waals surface area contributed by atoms with Crippen LogP contribution >= 0.6 is 23.2 Å². The lowest BCUT2D eigenvalue weighted by Crippen LogP contribution is -2.42. The molecule has 2 aromatic heterocycles. The maximum atomic E-state index is 6.58. The van der Waals surface area contributed by atoms with Crippen molar-refractivity contribution >= 4 is 56.6 Å². The highest BCUT2D eigenvalue weighted by Crippen LogP contribution is 2.32. The van der Waals surface area contributed by atoms with Crippen LogP contribution in [0.5, 0.6) is 5.75 Å². The zero-order valence-electron chi connectivity index (χ0n) is 18.7. The topological polar surface area (TPSA) is 59.1 Å². The summed E-state index contributed by atoms with van der Waals surface area (Å²) >= 11 is 13.2. The molecule has 5 rings (SSSR count). The summed E-state index contributed by atoms with van der Waals surface area (Å²) in [6.07, 6.45) is 4.42. The van der Waals surface area contributed by atoms with Crippen LogP contribution in [0, 0.1) is 6.92 Å². The summed E-state index contributed by atoms with van der Waals surface area (Å²) in [5, 5.41) is 10.5. The third-order valence-corrected chi connectivity index (χ3v) is 6.94. The Labute approximate surface area is 203 Å². The summed E-state index contributed by atoms with van der Waals surface area (Å²) in [6, 6.07) is 16.1. The summed E-state index contributed by atoms with van der Waals surface area (Å²) in [5.74, 6) is 2.34. The average molecular weight is 481 g/mol. The quantitative estimate of drug-likeness (QED) is 0.315. The number of nitrogens with one attached hydrogen (secondary N) is 2. The normalized spacial score (nSPS) is 18.4. The molecule has 0 saturated heterocycles. The van der Waals surface area contributed by atoms with Gasteiger partial charge in [0.1, 0.15) is 17.4 Å². The van der Waals surface area contributed by atoms with Crippen molar-refractivity contribution < 1.29 is 4.74 Å². The maximum absolute atomic E-state index is 6.58. The number of methoxy groups -OCH3 is 1. The summed E-state index contributed by atoms with van der Waals surface area (Å²) in [5.41, 5.74) is 2.90. The maximum Gasteiger partial charge on any atom is 0.128 e. The Balaban J connectivity index is 1.39. The molecule has 1 aliphatic carbocycles. The second-order valence-corrected chi connectivity index (χ2v) is 9.48. The Morgan fingerprint density at radius 3 is 1.91 bits per heavy atom. The van der Waals surface area contributed by atoms with E-state index in [1.165, 1.54) is 18.4 Å². The number of fused-ring (bicyclic) bond motifs is 2. The van der Waals surface area contributed by atoms with Crippen molar-refractivity contribution in [3.05, 3.63) is 64.1 Å². The first kappa shape index (κ1) is 22.1. The molecular weight excluding hydrogens is 455 g/mol. The minimum atomic E-state index is 0.201. The molecule has 1 saturated carbocycles. The van der Waals surface area contributed by atoms with Gasteiger partial charge in [0.25, 0.3) is 0 Å². The molecule has 170 valence electrons. The molecule has 0 radical (unpaired) electrons. The first-order valence-corrected chi connectivity index (χ1v) is 12.0. The van der Waals surface area contributed by atoms with Gasteiger partial charge in [0.15, 0.2) is 0 Å². The Hall–Kier alpha value is -2.76. The molecule has 1 fully saturated rings. The molecule has 2 heterocycles. The Morgan fingerprint density at radius 1 is 0.788 bits per heavy atom. The number of anilines is 2. The van der Waals surface area contributed by atoms with Crippen molar-refractivity contribution in [3.63, 3.8) is 0 Å². The molecule has 2 aromatic carbocycles. The minimum absolute atomic E-state index is 0.201. The Bertz CT molecular complexity index is 1330. The number of aryl methyl sites for hydroxylation is 1. The van der Waals surface area contributed by atoms with Crippen molar-refractivity contribution in [2.24, 2.45) is 0 Å². The standard InChI is InChI=1S/C26H26Cl2N4O/c1-15-7-9-21-17(11-15)19(27)13-25(29-21)31-23-5-3-4-6-24(23)32-26-14-20(28)18-12-16(33-2)8-10-22(18)30-26/h7-14,23-24H,3-6H2,1-2H3,(H,29,31)(H,30,32)/t23-,24-/m1/s1. The highest BCUT2D eigenvalue weighted by molar-refractivity contribution is 6.36. The lowest BCUT2D eigenvalue weighted by atomic mass is 9.90. The van der Waals surface area contributed by atoms with Gasteiger partial charge >= 0.3 is 0 Å². The van der Waals surface area contributed by atoms with Gasteiger partial charge in [-0.25, -0.2) is 9.97 Å². The number of benzene rings is 2. The van der Waals surface area contributed by atoms with Crippen molar-refractivity contribution in [2.75, 3.05) is 17.7 Å². The van der Waals surface area contributed by atoms with Crippen LogP contribution in [0.3, 0.4) is 0 Å². The molecule has 7 heteroatoms. The van der Waals surface area contributed by atoms with Crippen LogP contribution in [0.2, 0.25) is 10.0 Å². The fourth-order valence-electron chi connectivity index (χ4n) is 4.59. The lowest BCUT2D eigenvalue weighted by Gasteiger charge is -2.33. The molecule has 0 aliphatic heterocycles. The van der Waals surface area contributed by atoms with Gasteiger partial charge in [-0.2, -0.15) is 0 Å². The molecule has 33 heavy (non-hydrogen) atoms. The van der Waals surface area contributed by atoms with Gasteiger partial charge in [-0.1, -0.05) is 47.7 Å². The highest BCUT2D eigenvalue weighted by atomic mass is 35.5. The van der Waals surface area contributed by atoms with E-state index in [2.05, 4.69) is 29.7 Å². The van der Waals surface area contributed by atoms with E-state index in [9.17, 15) is 0 Å². The second-order valence-electron chi connectivity index (χ2n) is 8.67. The number of ether oxygens (including phenoxy) is 1. The van der Waals surface area contributed by atoms with Crippen molar-refractivity contribution in [3.8, 4) is 5.75 Å². The van der Waals surface area contributed by atoms with Gasteiger partial charge in [0.05, 0.1) is 28.2 Å². The third-order valence-electron chi connectivity index (χ3n) is 6.31. The zero-order chi connectivity index (χ0) is 22.9. The van der Waals surface area contributed by atoms with E-state index in [-0.39, 0.29) is 12.1 Å². The molecule has 0 amide bonds. The number of halogens is 2. The summed E-state index contributed by atoms with van der Waals surface area (Å²) in [6.45, 7) is 2.06. The van der Waals surface area contributed by atoms with Gasteiger partial charge < -0.3 is 15.4 Å². The number of rotatable bonds is 5. The molecular formula is C26H26Cl2N4O. The summed E-state index contributed by atoms with van der Waals surface area (Å²) in [7, 11) is 1.65. The molecule has 0 unspecified atom stereocenters. The van der Waals surface area contributed by atoms with Gasteiger partial charge in [-0.3, -0.25) is 0 Å². The van der Waals surface area contributed by atoms with E-state index < -0.39 is 0 Å². The van der Waals surface area contributed by atoms with E-state index in [1.54, 1.807) is 7.11 Å². The average Bonchev–Trinajstić information content (AvgIpc) is 2.81.